The number of aromatic nitrogens is 2. The number of hydrogen-bond acceptors (Lipinski definition) is 3. The number of benzene rings is 2. The van der Waals surface area contributed by atoms with Crippen LogP contribution in [0.1, 0.15) is 70.3 Å². The Labute approximate surface area is 206 Å². The number of hydrogen-bond donors (Lipinski definition) is 1. The Balaban J connectivity index is 1.62. The van der Waals surface area contributed by atoms with Crippen molar-refractivity contribution in [2.24, 2.45) is 5.92 Å². The largest absolute Gasteiger partial charge is 0.495 e. The summed E-state index contributed by atoms with van der Waals surface area (Å²) in [6.45, 7) is 0. The van der Waals surface area contributed by atoms with E-state index in [0.29, 0.717) is 16.7 Å². The zero-order valence-corrected chi connectivity index (χ0v) is 20.7. The Morgan fingerprint density at radius 3 is 2.44 bits per heavy atom. The van der Waals surface area contributed by atoms with Crippen LogP contribution in [0.4, 0.5) is 0 Å². The predicted molar refractivity (Wildman–Crippen MR) is 137 cm³/mol. The van der Waals surface area contributed by atoms with Gasteiger partial charge in [0.2, 0.25) is 5.91 Å². The molecule has 2 aliphatic carbocycles. The molecule has 1 heterocycles. The first-order valence-corrected chi connectivity index (χ1v) is 13.1. The molecule has 0 spiro atoms. The Hall–Kier alpha value is -2.53. The molecule has 5 nitrogen and oxygen atoms in total. The van der Waals surface area contributed by atoms with Crippen LogP contribution < -0.4 is 10.1 Å². The molecule has 2 aliphatic rings. The Morgan fingerprint density at radius 1 is 1.03 bits per heavy atom. The molecule has 2 aromatic carbocycles. The Morgan fingerprint density at radius 2 is 1.74 bits per heavy atom. The van der Waals surface area contributed by atoms with Crippen LogP contribution in [0.2, 0.25) is 5.02 Å². The highest BCUT2D eigenvalue weighted by Gasteiger charge is 2.35. The Kier molecular flexibility index (Phi) is 7.10. The van der Waals surface area contributed by atoms with Crippen molar-refractivity contribution in [3.05, 3.63) is 47.5 Å². The fourth-order valence-corrected chi connectivity index (χ4v) is 6.12. The standard InChI is InChI=1S/C28H34ClN3O2/c1-34-25-17-16-20(18-22(25)29)27-31-23-14-8-9-15-24(23)32(27)26(19-10-4-2-5-11-19)28(33)30-21-12-6-3-7-13-21/h8-9,14-19,21,26H,2-7,10-13H2,1H3,(H,30,33). The van der Waals surface area contributed by atoms with E-state index in [-0.39, 0.29) is 18.0 Å². The van der Waals surface area contributed by atoms with Gasteiger partial charge in [-0.3, -0.25) is 4.79 Å². The van der Waals surface area contributed by atoms with E-state index in [1.807, 2.05) is 36.4 Å². The van der Waals surface area contributed by atoms with E-state index in [4.69, 9.17) is 21.3 Å². The van der Waals surface area contributed by atoms with Gasteiger partial charge in [0.15, 0.2) is 0 Å². The van der Waals surface area contributed by atoms with Gasteiger partial charge in [-0.25, -0.2) is 4.98 Å². The van der Waals surface area contributed by atoms with Gasteiger partial charge in [-0.2, -0.15) is 0 Å². The smallest absolute Gasteiger partial charge is 0.243 e. The number of carbonyl (C=O) groups excluding carboxylic acids is 1. The van der Waals surface area contributed by atoms with Crippen molar-refractivity contribution in [2.45, 2.75) is 76.3 Å². The van der Waals surface area contributed by atoms with E-state index in [9.17, 15) is 4.79 Å². The number of nitrogens with zero attached hydrogens (tertiary/aromatic N) is 2. The van der Waals surface area contributed by atoms with E-state index in [1.54, 1.807) is 7.11 Å². The molecular weight excluding hydrogens is 446 g/mol. The molecule has 1 aromatic heterocycles. The molecule has 1 N–H and O–H groups in total. The number of fused-ring (bicyclic) bond motifs is 1. The molecule has 0 aliphatic heterocycles. The van der Waals surface area contributed by atoms with Gasteiger partial charge in [0, 0.05) is 11.6 Å². The number of rotatable bonds is 6. The molecule has 1 amide bonds. The minimum absolute atomic E-state index is 0.141. The molecule has 1 unspecified atom stereocenters. The monoisotopic (exact) mass is 479 g/mol. The summed E-state index contributed by atoms with van der Waals surface area (Å²) in [5, 5.41) is 3.99. The third-order valence-corrected chi connectivity index (χ3v) is 7.90. The number of nitrogens with one attached hydrogen (secondary N) is 1. The highest BCUT2D eigenvalue weighted by atomic mass is 35.5. The van der Waals surface area contributed by atoms with Crippen LogP contribution in [-0.2, 0) is 4.79 Å². The quantitative estimate of drug-likeness (QED) is 0.416. The van der Waals surface area contributed by atoms with Crippen molar-refractivity contribution >= 4 is 28.5 Å². The third-order valence-electron chi connectivity index (χ3n) is 7.60. The molecule has 0 bridgehead atoms. The van der Waals surface area contributed by atoms with Crippen LogP contribution in [-0.4, -0.2) is 28.6 Å². The van der Waals surface area contributed by atoms with Gasteiger partial charge in [0.05, 0.1) is 23.2 Å². The SMILES string of the molecule is COc1ccc(-c2nc3ccccc3n2C(C(=O)NC2CCCCC2)C2CCCCC2)cc1Cl. The van der Waals surface area contributed by atoms with Gasteiger partial charge in [0.1, 0.15) is 17.6 Å². The van der Waals surface area contributed by atoms with Crippen LogP contribution in [0, 0.1) is 5.92 Å². The molecular formula is C28H34ClN3O2. The number of carbonyl (C=O) groups is 1. The average Bonchev–Trinajstić information content (AvgIpc) is 3.25. The number of ether oxygens (including phenoxy) is 1. The highest BCUT2D eigenvalue weighted by Crippen LogP contribution is 2.39. The van der Waals surface area contributed by atoms with E-state index in [2.05, 4.69) is 16.0 Å². The lowest BCUT2D eigenvalue weighted by Gasteiger charge is -2.33. The van der Waals surface area contributed by atoms with Crippen molar-refractivity contribution in [3.8, 4) is 17.1 Å². The molecule has 3 aromatic rings. The normalized spacial score (nSPS) is 18.6. The molecule has 2 saturated carbocycles. The van der Waals surface area contributed by atoms with E-state index in [1.165, 1.54) is 38.5 Å². The zero-order chi connectivity index (χ0) is 23.5. The summed E-state index contributed by atoms with van der Waals surface area (Å²) >= 11 is 6.51. The summed E-state index contributed by atoms with van der Waals surface area (Å²) in [7, 11) is 1.62. The van der Waals surface area contributed by atoms with Crippen molar-refractivity contribution in [1.29, 1.82) is 0 Å². The first kappa shape index (κ1) is 23.2. The van der Waals surface area contributed by atoms with Gasteiger partial charge in [-0.15, -0.1) is 0 Å². The first-order valence-electron chi connectivity index (χ1n) is 12.8. The molecule has 5 rings (SSSR count). The van der Waals surface area contributed by atoms with Crippen molar-refractivity contribution < 1.29 is 9.53 Å². The maximum Gasteiger partial charge on any atom is 0.243 e. The maximum absolute atomic E-state index is 14.0. The topological polar surface area (TPSA) is 56.2 Å². The fourth-order valence-electron chi connectivity index (χ4n) is 5.86. The minimum Gasteiger partial charge on any atom is -0.495 e. The molecule has 180 valence electrons. The number of halogens is 1. The van der Waals surface area contributed by atoms with Crippen LogP contribution in [0.5, 0.6) is 5.75 Å². The van der Waals surface area contributed by atoms with Gasteiger partial charge in [0.25, 0.3) is 0 Å². The van der Waals surface area contributed by atoms with Gasteiger partial charge < -0.3 is 14.6 Å². The van der Waals surface area contributed by atoms with Gasteiger partial charge >= 0.3 is 0 Å². The number of amides is 1. The van der Waals surface area contributed by atoms with E-state index >= 15 is 0 Å². The van der Waals surface area contributed by atoms with Crippen LogP contribution in [0.3, 0.4) is 0 Å². The number of imidazole rings is 1. The summed E-state index contributed by atoms with van der Waals surface area (Å²) in [4.78, 5) is 19.0. The second kappa shape index (κ2) is 10.4. The summed E-state index contributed by atoms with van der Waals surface area (Å²) in [5.74, 6) is 1.86. The van der Waals surface area contributed by atoms with Gasteiger partial charge in [-0.05, 0) is 61.9 Å². The summed E-state index contributed by atoms with van der Waals surface area (Å²) in [5.41, 5.74) is 2.79. The number of methoxy groups -OCH3 is 1. The highest BCUT2D eigenvalue weighted by molar-refractivity contribution is 6.32. The van der Waals surface area contributed by atoms with Crippen molar-refractivity contribution in [1.82, 2.24) is 14.9 Å². The second-order valence-corrected chi connectivity index (χ2v) is 10.2. The van der Waals surface area contributed by atoms with Crippen LogP contribution >= 0.6 is 11.6 Å². The molecule has 2 fully saturated rings. The predicted octanol–water partition coefficient (Wildman–Crippen LogP) is 6.94. The minimum atomic E-state index is -0.287. The zero-order valence-electron chi connectivity index (χ0n) is 19.9. The van der Waals surface area contributed by atoms with Crippen LogP contribution in [0.25, 0.3) is 22.4 Å². The maximum atomic E-state index is 14.0. The first-order chi connectivity index (χ1) is 16.7. The second-order valence-electron chi connectivity index (χ2n) is 9.83. The molecule has 6 heteroatoms. The fraction of sp³-hybridized carbons (Fsp3) is 0.500. The van der Waals surface area contributed by atoms with Crippen molar-refractivity contribution in [2.75, 3.05) is 7.11 Å². The lowest BCUT2D eigenvalue weighted by Crippen LogP contribution is -2.43. The summed E-state index contributed by atoms with van der Waals surface area (Å²) in [6, 6.07) is 13.9. The van der Waals surface area contributed by atoms with E-state index < -0.39 is 0 Å². The molecule has 34 heavy (non-hydrogen) atoms. The molecule has 0 radical (unpaired) electrons. The van der Waals surface area contributed by atoms with E-state index in [0.717, 1.165) is 48.1 Å². The summed E-state index contributed by atoms with van der Waals surface area (Å²) in [6.07, 6.45) is 11.6. The summed E-state index contributed by atoms with van der Waals surface area (Å²) < 4.78 is 7.56. The number of para-hydroxylation sites is 2. The molecule has 1 atom stereocenters. The third kappa shape index (κ3) is 4.68. The average molecular weight is 480 g/mol. The molecule has 0 saturated heterocycles. The van der Waals surface area contributed by atoms with Crippen molar-refractivity contribution in [3.63, 3.8) is 0 Å². The van der Waals surface area contributed by atoms with Crippen LogP contribution in [0.15, 0.2) is 42.5 Å². The lowest BCUT2D eigenvalue weighted by atomic mass is 9.82. The van der Waals surface area contributed by atoms with Gasteiger partial charge in [-0.1, -0.05) is 62.3 Å². The Bertz CT molecular complexity index is 1150. The lowest BCUT2D eigenvalue weighted by molar-refractivity contribution is -0.127.